The Labute approximate surface area is 204 Å². The zero-order valence-corrected chi connectivity index (χ0v) is 20.3. The number of nitrogens with one attached hydrogen (secondary N) is 1. The van der Waals surface area contributed by atoms with Crippen molar-refractivity contribution in [3.05, 3.63) is 84.1 Å². The molecule has 9 heteroatoms. The van der Waals surface area contributed by atoms with Gasteiger partial charge in [0.05, 0.1) is 35.6 Å². The van der Waals surface area contributed by atoms with Gasteiger partial charge >= 0.3 is 0 Å². The van der Waals surface area contributed by atoms with Gasteiger partial charge in [-0.1, -0.05) is 60.7 Å². The van der Waals surface area contributed by atoms with Crippen molar-refractivity contribution in [1.29, 1.82) is 0 Å². The Bertz CT molecular complexity index is 1450. The van der Waals surface area contributed by atoms with Gasteiger partial charge in [-0.2, -0.15) is 5.10 Å². The lowest BCUT2D eigenvalue weighted by molar-refractivity contribution is 0.0923. The number of nitrogens with zero attached hydrogens (tertiary/aromatic N) is 4. The molecule has 2 aromatic carbocycles. The highest BCUT2D eigenvalue weighted by atomic mass is 32.2. The van der Waals surface area contributed by atoms with Gasteiger partial charge in [0.2, 0.25) is 10.0 Å². The maximum Gasteiger partial charge on any atom is 0.252 e. The monoisotopic (exact) mass is 489 g/mol. The van der Waals surface area contributed by atoms with Gasteiger partial charge < -0.3 is 5.32 Å². The first-order chi connectivity index (χ1) is 16.9. The van der Waals surface area contributed by atoms with Crippen LogP contribution >= 0.6 is 0 Å². The minimum Gasteiger partial charge on any atom is -0.348 e. The van der Waals surface area contributed by atoms with Crippen molar-refractivity contribution >= 4 is 27.0 Å². The molecule has 1 atom stereocenters. The smallest absolute Gasteiger partial charge is 0.252 e. The molecule has 1 N–H and O–H groups in total. The molecule has 1 aliphatic heterocycles. The lowest BCUT2D eigenvalue weighted by Gasteiger charge is -2.31. The van der Waals surface area contributed by atoms with Gasteiger partial charge in [-0.25, -0.2) is 22.4 Å². The number of amides is 1. The number of sulfonamides is 1. The van der Waals surface area contributed by atoms with E-state index in [1.807, 2.05) is 60.7 Å². The fourth-order valence-corrected chi connectivity index (χ4v) is 5.40. The van der Waals surface area contributed by atoms with Crippen LogP contribution in [0.25, 0.3) is 22.3 Å². The normalized spacial score (nSPS) is 16.9. The fourth-order valence-electron chi connectivity index (χ4n) is 4.49. The molecule has 5 rings (SSSR count). The van der Waals surface area contributed by atoms with Crippen molar-refractivity contribution in [3.63, 3.8) is 0 Å². The van der Waals surface area contributed by atoms with E-state index in [0.717, 1.165) is 17.5 Å². The first kappa shape index (κ1) is 23.2. The van der Waals surface area contributed by atoms with Crippen LogP contribution in [0.15, 0.2) is 72.9 Å². The molecule has 0 aliphatic carbocycles. The largest absolute Gasteiger partial charge is 0.348 e. The standard InChI is InChI=1S/C26H27N5O3S/c1-35(33,34)30-14-8-13-21(18-30)28-26(32)22-15-24(20-11-6-3-7-12-20)29-25-23(22)16-27-31(25)17-19-9-4-2-5-10-19/h2-7,9-12,15-16,21H,8,13-14,17-18H2,1H3,(H,28,32). The summed E-state index contributed by atoms with van der Waals surface area (Å²) in [6.07, 6.45) is 4.31. The Morgan fingerprint density at radius 3 is 2.51 bits per heavy atom. The third-order valence-electron chi connectivity index (χ3n) is 6.29. The minimum absolute atomic E-state index is 0.255. The summed E-state index contributed by atoms with van der Waals surface area (Å²) in [4.78, 5) is 18.4. The summed E-state index contributed by atoms with van der Waals surface area (Å²) >= 11 is 0. The van der Waals surface area contributed by atoms with Gasteiger partial charge in [0.25, 0.3) is 5.91 Å². The first-order valence-electron chi connectivity index (χ1n) is 11.6. The summed E-state index contributed by atoms with van der Waals surface area (Å²) in [6, 6.07) is 21.2. The third-order valence-corrected chi connectivity index (χ3v) is 7.56. The van der Waals surface area contributed by atoms with Crippen molar-refractivity contribution in [3.8, 4) is 11.3 Å². The van der Waals surface area contributed by atoms with E-state index < -0.39 is 10.0 Å². The van der Waals surface area contributed by atoms with Crippen LogP contribution in [-0.4, -0.2) is 58.8 Å². The minimum atomic E-state index is -3.30. The van der Waals surface area contributed by atoms with Crippen LogP contribution in [0.4, 0.5) is 0 Å². The van der Waals surface area contributed by atoms with Crippen molar-refractivity contribution in [2.24, 2.45) is 0 Å². The van der Waals surface area contributed by atoms with Crippen LogP contribution < -0.4 is 5.32 Å². The molecule has 4 aromatic rings. The lowest BCUT2D eigenvalue weighted by Crippen LogP contribution is -2.49. The Hall–Kier alpha value is -3.56. The van der Waals surface area contributed by atoms with Gasteiger partial charge in [-0.05, 0) is 24.5 Å². The van der Waals surface area contributed by atoms with Gasteiger partial charge in [0.1, 0.15) is 0 Å². The molecule has 8 nitrogen and oxygen atoms in total. The van der Waals surface area contributed by atoms with E-state index in [0.29, 0.717) is 41.8 Å². The van der Waals surface area contributed by atoms with Crippen LogP contribution in [0.2, 0.25) is 0 Å². The number of piperidine rings is 1. The van der Waals surface area contributed by atoms with Crippen LogP contribution in [-0.2, 0) is 16.6 Å². The quantitative estimate of drug-likeness (QED) is 0.448. The Morgan fingerprint density at radius 1 is 1.09 bits per heavy atom. The molecular formula is C26H27N5O3S. The van der Waals surface area contributed by atoms with E-state index in [-0.39, 0.29) is 18.5 Å². The molecule has 35 heavy (non-hydrogen) atoms. The summed E-state index contributed by atoms with van der Waals surface area (Å²) < 4.78 is 27.3. The average Bonchev–Trinajstić information content (AvgIpc) is 3.27. The maximum absolute atomic E-state index is 13.5. The van der Waals surface area contributed by atoms with Gasteiger partial charge in [-0.3, -0.25) is 4.79 Å². The zero-order valence-electron chi connectivity index (χ0n) is 19.5. The molecule has 180 valence electrons. The third kappa shape index (κ3) is 5.11. The second-order valence-corrected chi connectivity index (χ2v) is 10.9. The van der Waals surface area contributed by atoms with Crippen LogP contribution in [0, 0.1) is 0 Å². The second kappa shape index (κ2) is 9.59. The predicted molar refractivity (Wildman–Crippen MR) is 135 cm³/mol. The molecular weight excluding hydrogens is 462 g/mol. The SMILES string of the molecule is CS(=O)(=O)N1CCCC(NC(=O)c2cc(-c3ccccc3)nc3c2cnn3Cc2ccccc2)C1. The highest BCUT2D eigenvalue weighted by Gasteiger charge is 2.28. The number of rotatable bonds is 6. The first-order valence-corrected chi connectivity index (χ1v) is 13.5. The number of fused-ring (bicyclic) bond motifs is 1. The molecule has 0 bridgehead atoms. The van der Waals surface area contributed by atoms with Crippen molar-refractivity contribution in [2.75, 3.05) is 19.3 Å². The average molecular weight is 490 g/mol. The van der Waals surface area contributed by atoms with Crippen molar-refractivity contribution in [2.45, 2.75) is 25.4 Å². The predicted octanol–water partition coefficient (Wildman–Crippen LogP) is 3.30. The van der Waals surface area contributed by atoms with Crippen molar-refractivity contribution in [1.82, 2.24) is 24.4 Å². The number of hydrogen-bond donors (Lipinski definition) is 1. The number of pyridine rings is 1. The molecule has 1 aliphatic rings. The molecule has 1 unspecified atom stereocenters. The molecule has 2 aromatic heterocycles. The maximum atomic E-state index is 13.5. The molecule has 0 saturated carbocycles. The summed E-state index contributed by atoms with van der Waals surface area (Å²) in [5, 5.41) is 8.26. The number of aromatic nitrogens is 3. The summed E-state index contributed by atoms with van der Waals surface area (Å²) in [7, 11) is -3.30. The van der Waals surface area contributed by atoms with Gasteiger partial charge in [0, 0.05) is 24.7 Å². The van der Waals surface area contributed by atoms with Crippen LogP contribution in [0.5, 0.6) is 0 Å². The molecule has 0 spiro atoms. The van der Waals surface area contributed by atoms with E-state index in [9.17, 15) is 13.2 Å². The number of benzene rings is 2. The highest BCUT2D eigenvalue weighted by Crippen LogP contribution is 2.26. The van der Waals surface area contributed by atoms with E-state index in [4.69, 9.17) is 4.98 Å². The van der Waals surface area contributed by atoms with E-state index in [2.05, 4.69) is 10.4 Å². The molecule has 3 heterocycles. The van der Waals surface area contributed by atoms with Crippen LogP contribution in [0.1, 0.15) is 28.8 Å². The van der Waals surface area contributed by atoms with E-state index >= 15 is 0 Å². The van der Waals surface area contributed by atoms with Crippen LogP contribution in [0.3, 0.4) is 0 Å². The second-order valence-electron chi connectivity index (χ2n) is 8.88. The Balaban J connectivity index is 1.51. The zero-order chi connectivity index (χ0) is 24.4. The molecule has 1 fully saturated rings. The topological polar surface area (TPSA) is 97.2 Å². The lowest BCUT2D eigenvalue weighted by atomic mass is 10.0. The molecule has 1 saturated heterocycles. The molecule has 1 amide bonds. The Kier molecular flexibility index (Phi) is 6.36. The Morgan fingerprint density at radius 2 is 1.80 bits per heavy atom. The van der Waals surface area contributed by atoms with E-state index in [1.165, 1.54) is 10.6 Å². The summed E-state index contributed by atoms with van der Waals surface area (Å²) in [5.41, 5.74) is 3.76. The summed E-state index contributed by atoms with van der Waals surface area (Å²) in [6.45, 7) is 1.29. The van der Waals surface area contributed by atoms with Crippen molar-refractivity contribution < 1.29 is 13.2 Å². The van der Waals surface area contributed by atoms with Gasteiger partial charge in [-0.15, -0.1) is 0 Å². The molecule has 0 radical (unpaired) electrons. The number of carbonyl (C=O) groups is 1. The fraction of sp³-hybridized carbons (Fsp3) is 0.269. The van der Waals surface area contributed by atoms with E-state index in [1.54, 1.807) is 16.9 Å². The van der Waals surface area contributed by atoms with Gasteiger partial charge in [0.15, 0.2) is 5.65 Å². The number of hydrogen-bond acceptors (Lipinski definition) is 5. The highest BCUT2D eigenvalue weighted by molar-refractivity contribution is 7.88. The summed E-state index contributed by atoms with van der Waals surface area (Å²) in [5.74, 6) is -0.255. The number of carbonyl (C=O) groups excluding carboxylic acids is 1.